The fraction of sp³-hybridized carbons (Fsp3) is 0. The molecule has 0 aromatic carbocycles. The maximum Gasteiger partial charge on any atom is 4.00 e. The van der Waals surface area contributed by atoms with Crippen LogP contribution in [0, 0.1) is 0 Å². The summed E-state index contributed by atoms with van der Waals surface area (Å²) in [4.78, 5) is 0. The average molecular weight is 123 g/mol. The van der Waals surface area contributed by atoms with Crippen LogP contribution in [0.5, 0.6) is 0 Å². The Bertz CT molecular complexity index is 9.61. The third-order valence-corrected chi connectivity index (χ3v) is 0. The van der Waals surface area contributed by atoms with Gasteiger partial charge in [-0.1, -0.05) is 0 Å². The average Bonchev–Trinajstić information content (AvgIpc) is 0. The second-order valence-corrected chi connectivity index (χ2v) is 0. The van der Waals surface area contributed by atoms with E-state index >= 15 is 0 Å². The van der Waals surface area contributed by atoms with Gasteiger partial charge < -0.3 is 15.7 Å². The standard InChI is InChI=1S/FH.Mg.2O.Ti/h1H;;;;/q;+2;2*-2;+4/p-1. The molecule has 0 bridgehead atoms. The molecule has 0 aromatic heterocycles. The third kappa shape index (κ3) is 33.4. The molecule has 0 saturated carbocycles. The zero-order chi connectivity index (χ0) is 0. The smallest absolute Gasteiger partial charge is 2.00 e. The van der Waals surface area contributed by atoms with Crippen molar-refractivity contribution in [1.29, 1.82) is 0 Å². The van der Waals surface area contributed by atoms with E-state index in [1.807, 2.05) is 0 Å². The first-order valence-corrected chi connectivity index (χ1v) is 0. The van der Waals surface area contributed by atoms with Crippen molar-refractivity contribution in [1.82, 2.24) is 0 Å². The van der Waals surface area contributed by atoms with Crippen LogP contribution in [0.15, 0.2) is 0 Å². The Kier molecular flexibility index (Phi) is 1150. The molecular formula is FMgO2Ti+. The van der Waals surface area contributed by atoms with Crippen LogP contribution in [0.3, 0.4) is 0 Å². The van der Waals surface area contributed by atoms with Crippen molar-refractivity contribution in [2.75, 3.05) is 0 Å². The Morgan fingerprint density at radius 2 is 0.800 bits per heavy atom. The summed E-state index contributed by atoms with van der Waals surface area (Å²) in [6, 6.07) is 0. The van der Waals surface area contributed by atoms with Gasteiger partial charge in [-0.2, -0.15) is 0 Å². The predicted octanol–water partition coefficient (Wildman–Crippen LogP) is -3.62. The number of hydrogen-bond acceptors (Lipinski definition) is 0. The molecule has 0 fully saturated rings. The van der Waals surface area contributed by atoms with Gasteiger partial charge in [0.1, 0.15) is 0 Å². The van der Waals surface area contributed by atoms with Gasteiger partial charge in [0, 0.05) is 0 Å². The quantitative estimate of drug-likeness (QED) is 0.299. The summed E-state index contributed by atoms with van der Waals surface area (Å²) in [5, 5.41) is 0. The van der Waals surface area contributed by atoms with Crippen LogP contribution in [0.2, 0.25) is 0 Å². The zero-order valence-corrected chi connectivity index (χ0v) is 5.38. The number of rotatable bonds is 0. The molecular weight excluding hydrogens is 123 g/mol. The first-order valence-electron chi connectivity index (χ1n) is 0. The Labute approximate surface area is 60.3 Å². The third-order valence-electron chi connectivity index (χ3n) is 0. The summed E-state index contributed by atoms with van der Waals surface area (Å²) in [5.41, 5.74) is 0. The molecule has 0 aliphatic carbocycles. The Balaban J connectivity index is 0. The maximum atomic E-state index is 0. The molecule has 0 rings (SSSR count). The molecule has 0 heterocycles. The van der Waals surface area contributed by atoms with Gasteiger partial charge in [-0.25, -0.2) is 0 Å². The van der Waals surface area contributed by atoms with Gasteiger partial charge in [-0.15, -0.1) is 0 Å². The number of halogens is 1. The first-order chi connectivity index (χ1) is 0. The Morgan fingerprint density at radius 3 is 0.800 bits per heavy atom. The molecule has 0 saturated heterocycles. The van der Waals surface area contributed by atoms with Crippen molar-refractivity contribution in [3.63, 3.8) is 0 Å². The van der Waals surface area contributed by atoms with E-state index < -0.39 is 0 Å². The SMILES string of the molecule is [F-].[Mg+2].[O-2].[O-2].[Ti+4]. The van der Waals surface area contributed by atoms with Crippen molar-refractivity contribution in [2.24, 2.45) is 0 Å². The van der Waals surface area contributed by atoms with Crippen LogP contribution in [0.4, 0.5) is 0 Å². The van der Waals surface area contributed by atoms with Crippen LogP contribution >= 0.6 is 0 Å². The first kappa shape index (κ1) is 102. The van der Waals surface area contributed by atoms with Crippen molar-refractivity contribution < 1.29 is 37.4 Å². The van der Waals surface area contributed by atoms with Gasteiger partial charge in [0.25, 0.3) is 0 Å². The molecule has 0 radical (unpaired) electrons. The fourth-order valence-electron chi connectivity index (χ4n) is 0. The molecule has 0 atom stereocenters. The van der Waals surface area contributed by atoms with Crippen molar-refractivity contribution in [3.8, 4) is 0 Å². The van der Waals surface area contributed by atoms with Crippen molar-refractivity contribution >= 4 is 23.1 Å². The van der Waals surface area contributed by atoms with E-state index in [1.54, 1.807) is 0 Å². The normalized spacial score (nSPS) is 0. The van der Waals surface area contributed by atoms with Gasteiger partial charge in [0.2, 0.25) is 0 Å². The number of hydrogen-bond donors (Lipinski definition) is 0. The van der Waals surface area contributed by atoms with E-state index in [2.05, 4.69) is 0 Å². The second kappa shape index (κ2) is 56.5. The minimum Gasteiger partial charge on any atom is -2.00 e. The monoisotopic (exact) mass is 123 g/mol. The summed E-state index contributed by atoms with van der Waals surface area (Å²) >= 11 is 0. The summed E-state index contributed by atoms with van der Waals surface area (Å²) in [7, 11) is 0. The van der Waals surface area contributed by atoms with E-state index in [1.165, 1.54) is 0 Å². The largest absolute Gasteiger partial charge is 4.00 e. The topological polar surface area (TPSA) is 57.0 Å². The molecule has 24 valence electrons. The van der Waals surface area contributed by atoms with E-state index in [-0.39, 0.29) is 60.4 Å². The van der Waals surface area contributed by atoms with Gasteiger partial charge in [-0.3, -0.25) is 0 Å². The molecule has 2 nitrogen and oxygen atoms in total. The van der Waals surface area contributed by atoms with Gasteiger partial charge in [0.15, 0.2) is 0 Å². The summed E-state index contributed by atoms with van der Waals surface area (Å²) < 4.78 is 0. The second-order valence-electron chi connectivity index (χ2n) is 0. The van der Waals surface area contributed by atoms with E-state index in [9.17, 15) is 0 Å². The minimum atomic E-state index is 0. The Morgan fingerprint density at radius 1 is 0.800 bits per heavy atom. The van der Waals surface area contributed by atoms with Crippen LogP contribution in [0.25, 0.3) is 0 Å². The van der Waals surface area contributed by atoms with Crippen LogP contribution in [-0.4, -0.2) is 23.1 Å². The van der Waals surface area contributed by atoms with Gasteiger partial charge in [0.05, 0.1) is 0 Å². The van der Waals surface area contributed by atoms with Gasteiger partial charge in [-0.05, 0) is 0 Å². The fourth-order valence-corrected chi connectivity index (χ4v) is 0. The molecule has 0 spiro atoms. The molecule has 0 aromatic rings. The van der Waals surface area contributed by atoms with E-state index in [0.717, 1.165) is 0 Å². The van der Waals surface area contributed by atoms with Crippen LogP contribution in [-0.2, 0) is 32.7 Å². The van der Waals surface area contributed by atoms with E-state index in [0.29, 0.717) is 0 Å². The van der Waals surface area contributed by atoms with Gasteiger partial charge >= 0.3 is 44.8 Å². The van der Waals surface area contributed by atoms with Crippen LogP contribution in [0.1, 0.15) is 0 Å². The molecule has 0 amide bonds. The van der Waals surface area contributed by atoms with E-state index in [4.69, 9.17) is 0 Å². The molecule has 5 heavy (non-hydrogen) atoms. The zero-order valence-electron chi connectivity index (χ0n) is 2.40. The summed E-state index contributed by atoms with van der Waals surface area (Å²) in [5.74, 6) is 0. The predicted molar refractivity (Wildman–Crippen MR) is 7.13 cm³/mol. The summed E-state index contributed by atoms with van der Waals surface area (Å²) in [6.45, 7) is 0. The molecule has 0 N–H and O–H groups in total. The van der Waals surface area contributed by atoms with Crippen molar-refractivity contribution in [3.05, 3.63) is 0 Å². The van der Waals surface area contributed by atoms with Crippen LogP contribution < -0.4 is 4.70 Å². The maximum absolute atomic E-state index is 0. The molecule has 5 heteroatoms. The minimum absolute atomic E-state index is 0. The molecule has 0 aliphatic rings. The molecule has 0 aliphatic heterocycles. The molecule has 0 unspecified atom stereocenters. The Hall–Kier alpha value is 1.33. The summed E-state index contributed by atoms with van der Waals surface area (Å²) in [6.07, 6.45) is 0. The van der Waals surface area contributed by atoms with Crippen molar-refractivity contribution in [2.45, 2.75) is 0 Å².